The van der Waals surface area contributed by atoms with E-state index >= 15 is 0 Å². The highest BCUT2D eigenvalue weighted by Crippen LogP contribution is 2.24. The Morgan fingerprint density at radius 2 is 1.78 bits per heavy atom. The zero-order chi connectivity index (χ0) is 13.1. The van der Waals surface area contributed by atoms with Gasteiger partial charge < -0.3 is 9.47 Å². The molecule has 0 unspecified atom stereocenters. The van der Waals surface area contributed by atoms with E-state index in [-0.39, 0.29) is 5.78 Å². The Balaban J connectivity index is 2.44. The molecule has 1 aromatic heterocycles. The van der Waals surface area contributed by atoms with Crippen molar-refractivity contribution in [3.8, 4) is 11.5 Å². The number of carbonyl (C=O) groups is 1. The Morgan fingerprint density at radius 1 is 1.17 bits per heavy atom. The molecule has 0 aliphatic heterocycles. The van der Waals surface area contributed by atoms with Crippen LogP contribution in [0.3, 0.4) is 0 Å². The van der Waals surface area contributed by atoms with Gasteiger partial charge in [0.1, 0.15) is 17.2 Å². The van der Waals surface area contributed by atoms with E-state index < -0.39 is 0 Å². The lowest BCUT2D eigenvalue weighted by molar-refractivity contribution is 0.102. The minimum atomic E-state index is -0.118. The Morgan fingerprint density at radius 3 is 2.22 bits per heavy atom. The fourth-order valence-electron chi connectivity index (χ4n) is 1.68. The van der Waals surface area contributed by atoms with Crippen molar-refractivity contribution in [2.75, 3.05) is 14.2 Å². The molecule has 5 nitrogen and oxygen atoms in total. The van der Waals surface area contributed by atoms with Crippen molar-refractivity contribution in [1.82, 2.24) is 9.78 Å². The predicted octanol–water partition coefficient (Wildman–Crippen LogP) is 1.67. The number of carbonyl (C=O) groups excluding carboxylic acids is 1. The van der Waals surface area contributed by atoms with Gasteiger partial charge in [0.15, 0.2) is 0 Å². The van der Waals surface area contributed by atoms with E-state index in [1.165, 1.54) is 4.68 Å². The van der Waals surface area contributed by atoms with Crippen molar-refractivity contribution in [3.63, 3.8) is 0 Å². The van der Waals surface area contributed by atoms with Crippen LogP contribution in [0.5, 0.6) is 11.5 Å². The number of methoxy groups -OCH3 is 2. The van der Waals surface area contributed by atoms with Crippen LogP contribution in [0.4, 0.5) is 0 Å². The van der Waals surface area contributed by atoms with Gasteiger partial charge in [-0.25, -0.2) is 0 Å². The molecule has 0 N–H and O–H groups in total. The summed E-state index contributed by atoms with van der Waals surface area (Å²) >= 11 is 0. The van der Waals surface area contributed by atoms with Gasteiger partial charge in [-0.2, -0.15) is 5.10 Å². The average Bonchev–Trinajstić information content (AvgIpc) is 2.83. The minimum absolute atomic E-state index is 0.118. The fraction of sp³-hybridized carbons (Fsp3) is 0.231. The van der Waals surface area contributed by atoms with E-state index in [1.807, 2.05) is 0 Å². The lowest BCUT2D eigenvalue weighted by Crippen LogP contribution is -2.08. The summed E-state index contributed by atoms with van der Waals surface area (Å²) in [5.74, 6) is 1.05. The molecule has 0 aliphatic rings. The van der Waals surface area contributed by atoms with E-state index in [2.05, 4.69) is 5.10 Å². The predicted molar refractivity (Wildman–Crippen MR) is 66.2 cm³/mol. The van der Waals surface area contributed by atoms with E-state index in [0.29, 0.717) is 22.8 Å². The summed E-state index contributed by atoms with van der Waals surface area (Å²) in [6.45, 7) is 0. The van der Waals surface area contributed by atoms with Gasteiger partial charge in [0.05, 0.1) is 14.2 Å². The van der Waals surface area contributed by atoms with Gasteiger partial charge in [-0.1, -0.05) is 0 Å². The summed E-state index contributed by atoms with van der Waals surface area (Å²) in [7, 11) is 4.82. The van der Waals surface area contributed by atoms with Crippen LogP contribution >= 0.6 is 0 Å². The lowest BCUT2D eigenvalue weighted by atomic mass is 10.1. The molecule has 0 amide bonds. The van der Waals surface area contributed by atoms with Gasteiger partial charge in [0.2, 0.25) is 5.78 Å². The van der Waals surface area contributed by atoms with Crippen molar-refractivity contribution < 1.29 is 14.3 Å². The first-order valence-electron chi connectivity index (χ1n) is 5.41. The summed E-state index contributed by atoms with van der Waals surface area (Å²) in [5.41, 5.74) is 1.03. The maximum atomic E-state index is 12.3. The summed E-state index contributed by atoms with van der Waals surface area (Å²) in [6, 6.07) is 6.75. The molecule has 0 radical (unpaired) electrons. The molecule has 0 atom stereocenters. The van der Waals surface area contributed by atoms with Crippen LogP contribution < -0.4 is 9.47 Å². The second-order valence-electron chi connectivity index (χ2n) is 3.77. The Labute approximate surface area is 105 Å². The minimum Gasteiger partial charge on any atom is -0.497 e. The molecule has 0 bridgehead atoms. The van der Waals surface area contributed by atoms with Crippen molar-refractivity contribution in [2.24, 2.45) is 7.05 Å². The molecule has 1 heterocycles. The number of aryl methyl sites for hydroxylation is 1. The summed E-state index contributed by atoms with van der Waals surface area (Å²) in [4.78, 5) is 12.3. The molecule has 5 heteroatoms. The Kier molecular flexibility index (Phi) is 3.32. The monoisotopic (exact) mass is 246 g/mol. The van der Waals surface area contributed by atoms with Gasteiger partial charge in [-0.15, -0.1) is 0 Å². The zero-order valence-corrected chi connectivity index (χ0v) is 10.5. The van der Waals surface area contributed by atoms with Gasteiger partial charge in [-0.3, -0.25) is 9.48 Å². The summed E-state index contributed by atoms with van der Waals surface area (Å²) in [6.07, 6.45) is 1.59. The van der Waals surface area contributed by atoms with Crippen molar-refractivity contribution in [2.45, 2.75) is 0 Å². The van der Waals surface area contributed by atoms with Crippen molar-refractivity contribution in [3.05, 3.63) is 41.7 Å². The molecular formula is C13H14N2O3. The van der Waals surface area contributed by atoms with E-state index in [4.69, 9.17) is 9.47 Å². The smallest absolute Gasteiger partial charge is 0.211 e. The third-order valence-electron chi connectivity index (χ3n) is 2.67. The SMILES string of the molecule is COc1cc(OC)cc(C(=O)c2ccnn2C)c1. The largest absolute Gasteiger partial charge is 0.497 e. The van der Waals surface area contributed by atoms with Crippen LogP contribution in [-0.4, -0.2) is 29.8 Å². The second-order valence-corrected chi connectivity index (χ2v) is 3.77. The molecule has 2 rings (SSSR count). The van der Waals surface area contributed by atoms with Crippen LogP contribution in [0.25, 0.3) is 0 Å². The number of hydrogen-bond acceptors (Lipinski definition) is 4. The highest BCUT2D eigenvalue weighted by atomic mass is 16.5. The van der Waals surface area contributed by atoms with Crippen LogP contribution in [0, 0.1) is 0 Å². The summed E-state index contributed by atoms with van der Waals surface area (Å²) < 4.78 is 11.8. The Hall–Kier alpha value is -2.30. The van der Waals surface area contributed by atoms with Gasteiger partial charge in [0.25, 0.3) is 0 Å². The molecule has 0 spiro atoms. The first-order chi connectivity index (χ1) is 8.65. The molecular weight excluding hydrogens is 232 g/mol. The Bertz CT molecular complexity index is 553. The third-order valence-corrected chi connectivity index (χ3v) is 2.67. The number of benzene rings is 1. The maximum Gasteiger partial charge on any atom is 0.211 e. The molecule has 0 aliphatic carbocycles. The molecule has 0 saturated heterocycles. The average molecular weight is 246 g/mol. The highest BCUT2D eigenvalue weighted by molar-refractivity contribution is 6.08. The van der Waals surface area contributed by atoms with Crippen LogP contribution in [0.2, 0.25) is 0 Å². The van der Waals surface area contributed by atoms with Crippen LogP contribution in [-0.2, 0) is 7.05 Å². The van der Waals surface area contributed by atoms with Crippen molar-refractivity contribution >= 4 is 5.78 Å². The molecule has 0 fully saturated rings. The molecule has 94 valence electrons. The number of ether oxygens (including phenoxy) is 2. The second kappa shape index (κ2) is 4.91. The first kappa shape index (κ1) is 12.2. The maximum absolute atomic E-state index is 12.3. The zero-order valence-electron chi connectivity index (χ0n) is 10.5. The molecule has 0 saturated carbocycles. The standard InChI is InChI=1S/C13H14N2O3/c1-15-12(4-5-14-15)13(16)9-6-10(17-2)8-11(7-9)18-3/h4-8H,1-3H3. The number of nitrogens with zero attached hydrogens (tertiary/aromatic N) is 2. The van der Waals surface area contributed by atoms with Crippen molar-refractivity contribution in [1.29, 1.82) is 0 Å². The fourth-order valence-corrected chi connectivity index (χ4v) is 1.68. The van der Waals surface area contributed by atoms with Gasteiger partial charge in [-0.05, 0) is 18.2 Å². The molecule has 2 aromatic rings. The van der Waals surface area contributed by atoms with Crippen LogP contribution in [0.15, 0.2) is 30.5 Å². The number of rotatable bonds is 4. The summed E-state index contributed by atoms with van der Waals surface area (Å²) in [5, 5.41) is 3.98. The number of ketones is 1. The quantitative estimate of drug-likeness (QED) is 0.770. The van der Waals surface area contributed by atoms with Crippen LogP contribution in [0.1, 0.15) is 16.1 Å². The molecule has 1 aromatic carbocycles. The molecule has 18 heavy (non-hydrogen) atoms. The number of hydrogen-bond donors (Lipinski definition) is 0. The number of aromatic nitrogens is 2. The topological polar surface area (TPSA) is 53.4 Å². The van der Waals surface area contributed by atoms with E-state index in [1.54, 1.807) is 51.7 Å². The van der Waals surface area contributed by atoms with Gasteiger partial charge in [0, 0.05) is 24.9 Å². The normalized spacial score (nSPS) is 10.2. The van der Waals surface area contributed by atoms with E-state index in [0.717, 1.165) is 0 Å². The first-order valence-corrected chi connectivity index (χ1v) is 5.41. The van der Waals surface area contributed by atoms with Gasteiger partial charge >= 0.3 is 0 Å². The van der Waals surface area contributed by atoms with E-state index in [9.17, 15) is 4.79 Å². The highest BCUT2D eigenvalue weighted by Gasteiger charge is 2.15. The third kappa shape index (κ3) is 2.20. The lowest BCUT2D eigenvalue weighted by Gasteiger charge is -2.07.